The van der Waals surface area contributed by atoms with E-state index in [-0.39, 0.29) is 23.9 Å². The number of ether oxygens (including phenoxy) is 1. The Morgan fingerprint density at radius 3 is 2.71 bits per heavy atom. The van der Waals surface area contributed by atoms with E-state index in [1.807, 2.05) is 13.8 Å². The summed E-state index contributed by atoms with van der Waals surface area (Å²) in [5.41, 5.74) is 6.17. The number of hydrogen-bond acceptors (Lipinski definition) is 4. The Bertz CT molecular complexity index is 412. The minimum absolute atomic E-state index is 0.0561. The number of anilines is 1. The smallest absolute Gasteiger partial charge is 0.257 e. The predicted octanol–water partition coefficient (Wildman–Crippen LogP) is 0.913. The molecule has 2 unspecified atom stereocenters. The van der Waals surface area contributed by atoms with Gasteiger partial charge in [-0.05, 0) is 26.0 Å². The maximum absolute atomic E-state index is 12.3. The van der Waals surface area contributed by atoms with Crippen LogP contribution in [0.1, 0.15) is 24.2 Å². The number of morpholine rings is 1. The number of amides is 1. The maximum atomic E-state index is 12.3. The van der Waals surface area contributed by atoms with E-state index in [9.17, 15) is 4.79 Å². The second-order valence-electron chi connectivity index (χ2n) is 4.40. The summed E-state index contributed by atoms with van der Waals surface area (Å²) < 4.78 is 5.59. The summed E-state index contributed by atoms with van der Waals surface area (Å²) in [6, 6.07) is 3.42. The number of carbonyl (C=O) groups excluding carboxylic acids is 1. The van der Waals surface area contributed by atoms with Crippen LogP contribution in [0, 0.1) is 0 Å². The summed E-state index contributed by atoms with van der Waals surface area (Å²) in [5, 5.41) is 0. The highest BCUT2D eigenvalue weighted by molar-refractivity contribution is 5.98. The van der Waals surface area contributed by atoms with Crippen molar-refractivity contribution < 1.29 is 9.53 Å². The van der Waals surface area contributed by atoms with Gasteiger partial charge in [-0.25, -0.2) is 4.98 Å². The van der Waals surface area contributed by atoms with E-state index in [1.165, 1.54) is 0 Å². The first-order valence-corrected chi connectivity index (χ1v) is 5.73. The lowest BCUT2D eigenvalue weighted by molar-refractivity contribution is -0.0586. The summed E-state index contributed by atoms with van der Waals surface area (Å²) >= 11 is 0. The van der Waals surface area contributed by atoms with Crippen molar-refractivity contribution in [3.63, 3.8) is 0 Å². The molecule has 2 N–H and O–H groups in total. The van der Waals surface area contributed by atoms with Crippen molar-refractivity contribution in [2.45, 2.75) is 26.1 Å². The molecule has 1 aromatic rings. The molecule has 1 saturated heterocycles. The number of nitrogen functional groups attached to an aromatic ring is 1. The minimum Gasteiger partial charge on any atom is -0.383 e. The molecule has 17 heavy (non-hydrogen) atoms. The zero-order chi connectivity index (χ0) is 12.4. The van der Waals surface area contributed by atoms with Crippen molar-refractivity contribution in [1.29, 1.82) is 0 Å². The number of hydrogen-bond donors (Lipinski definition) is 1. The van der Waals surface area contributed by atoms with Crippen LogP contribution in [-0.4, -0.2) is 41.1 Å². The molecule has 5 nitrogen and oxygen atoms in total. The molecule has 2 rings (SSSR count). The van der Waals surface area contributed by atoms with Gasteiger partial charge < -0.3 is 15.4 Å². The Morgan fingerprint density at radius 1 is 1.47 bits per heavy atom. The SMILES string of the molecule is CC1CN(C(=O)c2cccnc2N)CC(C)O1. The van der Waals surface area contributed by atoms with E-state index in [2.05, 4.69) is 4.98 Å². The van der Waals surface area contributed by atoms with Crippen molar-refractivity contribution in [3.8, 4) is 0 Å². The van der Waals surface area contributed by atoms with Crippen LogP contribution < -0.4 is 5.73 Å². The zero-order valence-electron chi connectivity index (χ0n) is 10.1. The van der Waals surface area contributed by atoms with Crippen LogP contribution >= 0.6 is 0 Å². The standard InChI is InChI=1S/C12H17N3O2/c1-8-6-15(7-9(2)17-8)12(16)10-4-3-5-14-11(10)13/h3-5,8-9H,6-7H2,1-2H3,(H2,13,14). The molecule has 92 valence electrons. The zero-order valence-corrected chi connectivity index (χ0v) is 10.1. The Balaban J connectivity index is 2.17. The van der Waals surface area contributed by atoms with Gasteiger partial charge in [0.2, 0.25) is 0 Å². The third-order valence-electron chi connectivity index (χ3n) is 2.78. The lowest BCUT2D eigenvalue weighted by Crippen LogP contribution is -2.48. The van der Waals surface area contributed by atoms with Crippen molar-refractivity contribution in [2.24, 2.45) is 0 Å². The van der Waals surface area contributed by atoms with E-state index >= 15 is 0 Å². The van der Waals surface area contributed by atoms with Crippen molar-refractivity contribution >= 4 is 11.7 Å². The van der Waals surface area contributed by atoms with Crippen molar-refractivity contribution in [3.05, 3.63) is 23.9 Å². The fraction of sp³-hybridized carbons (Fsp3) is 0.500. The lowest BCUT2D eigenvalue weighted by atomic mass is 10.1. The second-order valence-corrected chi connectivity index (χ2v) is 4.40. The third-order valence-corrected chi connectivity index (χ3v) is 2.78. The van der Waals surface area contributed by atoms with Crippen molar-refractivity contribution in [2.75, 3.05) is 18.8 Å². The monoisotopic (exact) mass is 235 g/mol. The topological polar surface area (TPSA) is 68.5 Å². The van der Waals surface area contributed by atoms with Gasteiger partial charge in [-0.1, -0.05) is 0 Å². The normalized spacial score (nSPS) is 24.7. The van der Waals surface area contributed by atoms with Gasteiger partial charge in [0.25, 0.3) is 5.91 Å². The molecule has 2 heterocycles. The summed E-state index contributed by atoms with van der Waals surface area (Å²) in [6.07, 6.45) is 1.69. The average molecular weight is 235 g/mol. The van der Waals surface area contributed by atoms with Gasteiger partial charge in [-0.2, -0.15) is 0 Å². The van der Waals surface area contributed by atoms with E-state index in [4.69, 9.17) is 10.5 Å². The van der Waals surface area contributed by atoms with Gasteiger partial charge in [0, 0.05) is 19.3 Å². The van der Waals surface area contributed by atoms with Gasteiger partial charge >= 0.3 is 0 Å². The lowest BCUT2D eigenvalue weighted by Gasteiger charge is -2.35. The Kier molecular flexibility index (Phi) is 3.28. The summed E-state index contributed by atoms with van der Waals surface area (Å²) in [6.45, 7) is 5.11. The summed E-state index contributed by atoms with van der Waals surface area (Å²) in [5.74, 6) is 0.210. The van der Waals surface area contributed by atoms with E-state index < -0.39 is 0 Å². The molecule has 1 aromatic heterocycles. The molecule has 0 spiro atoms. The highest BCUT2D eigenvalue weighted by Crippen LogP contribution is 2.16. The first kappa shape index (κ1) is 11.9. The third kappa shape index (κ3) is 2.55. The number of carbonyl (C=O) groups is 1. The van der Waals surface area contributed by atoms with Crippen LogP contribution in [0.5, 0.6) is 0 Å². The molecule has 1 amide bonds. The number of nitrogens with zero attached hydrogens (tertiary/aromatic N) is 2. The summed E-state index contributed by atoms with van der Waals surface area (Å²) in [4.78, 5) is 18.0. The molecule has 0 aliphatic carbocycles. The van der Waals surface area contributed by atoms with Crippen LogP contribution in [0.15, 0.2) is 18.3 Å². The first-order valence-electron chi connectivity index (χ1n) is 5.73. The van der Waals surface area contributed by atoms with Gasteiger partial charge in [0.15, 0.2) is 0 Å². The molecule has 0 radical (unpaired) electrons. The van der Waals surface area contributed by atoms with Gasteiger partial charge in [-0.15, -0.1) is 0 Å². The van der Waals surface area contributed by atoms with Crippen LogP contribution in [0.3, 0.4) is 0 Å². The molecule has 1 fully saturated rings. The highest BCUT2D eigenvalue weighted by Gasteiger charge is 2.27. The van der Waals surface area contributed by atoms with E-state index in [0.29, 0.717) is 18.7 Å². The Morgan fingerprint density at radius 2 is 2.12 bits per heavy atom. The number of nitrogens with two attached hydrogens (primary N) is 1. The molecule has 0 aromatic carbocycles. The largest absolute Gasteiger partial charge is 0.383 e. The van der Waals surface area contributed by atoms with E-state index in [0.717, 1.165) is 0 Å². The number of pyridine rings is 1. The van der Waals surface area contributed by atoms with Gasteiger partial charge in [-0.3, -0.25) is 4.79 Å². The quantitative estimate of drug-likeness (QED) is 0.785. The second kappa shape index (κ2) is 4.71. The first-order chi connectivity index (χ1) is 8.08. The van der Waals surface area contributed by atoms with E-state index in [1.54, 1.807) is 23.2 Å². The fourth-order valence-corrected chi connectivity index (χ4v) is 2.11. The predicted molar refractivity (Wildman–Crippen MR) is 64.6 cm³/mol. The highest BCUT2D eigenvalue weighted by atomic mass is 16.5. The minimum atomic E-state index is -0.0717. The summed E-state index contributed by atoms with van der Waals surface area (Å²) in [7, 11) is 0. The van der Waals surface area contributed by atoms with Crippen molar-refractivity contribution in [1.82, 2.24) is 9.88 Å². The fourth-order valence-electron chi connectivity index (χ4n) is 2.11. The van der Waals surface area contributed by atoms with Gasteiger partial charge in [0.05, 0.1) is 17.8 Å². The van der Waals surface area contributed by atoms with Crippen LogP contribution in [0.25, 0.3) is 0 Å². The van der Waals surface area contributed by atoms with Crippen LogP contribution in [0.2, 0.25) is 0 Å². The number of aromatic nitrogens is 1. The maximum Gasteiger partial charge on any atom is 0.257 e. The van der Waals surface area contributed by atoms with Crippen LogP contribution in [0.4, 0.5) is 5.82 Å². The average Bonchev–Trinajstić information content (AvgIpc) is 2.27. The molecule has 2 atom stereocenters. The molecular weight excluding hydrogens is 218 g/mol. The molecular formula is C12H17N3O2. The number of rotatable bonds is 1. The molecule has 1 aliphatic rings. The molecule has 0 bridgehead atoms. The molecule has 0 saturated carbocycles. The molecule has 5 heteroatoms. The molecule has 1 aliphatic heterocycles. The Labute approximate surface area is 101 Å². The van der Waals surface area contributed by atoms with Crippen LogP contribution in [-0.2, 0) is 4.74 Å². The Hall–Kier alpha value is -1.62. The van der Waals surface area contributed by atoms with Gasteiger partial charge in [0.1, 0.15) is 5.82 Å².